The Hall–Kier alpha value is -1.84. The number of amides is 2. The molecular weight excluding hydrogens is 204 g/mol. The highest BCUT2D eigenvalue weighted by Crippen LogP contribution is 2.25. The fourth-order valence-corrected chi connectivity index (χ4v) is 1.88. The zero-order valence-corrected chi connectivity index (χ0v) is 9.60. The van der Waals surface area contributed by atoms with Crippen LogP contribution in [0.2, 0.25) is 0 Å². The van der Waals surface area contributed by atoms with Crippen LogP contribution in [0.1, 0.15) is 17.3 Å². The highest BCUT2D eigenvalue weighted by Gasteiger charge is 2.32. The standard InChI is InChI=1S/C12H14N2O2/c1-8-11(15)14(3)10-7-5-4-6-9(10)12(16)13(8)2/h4-8H,1-3H3. The van der Waals surface area contributed by atoms with Crippen LogP contribution in [0.3, 0.4) is 0 Å². The molecule has 0 aliphatic carbocycles. The van der Waals surface area contributed by atoms with Gasteiger partial charge in [-0.05, 0) is 19.1 Å². The van der Waals surface area contributed by atoms with Crippen molar-refractivity contribution in [2.75, 3.05) is 19.0 Å². The van der Waals surface area contributed by atoms with Gasteiger partial charge in [-0.25, -0.2) is 0 Å². The Balaban J connectivity index is 2.62. The molecule has 4 heteroatoms. The van der Waals surface area contributed by atoms with Gasteiger partial charge in [0.1, 0.15) is 6.04 Å². The lowest BCUT2D eigenvalue weighted by Crippen LogP contribution is -2.43. The van der Waals surface area contributed by atoms with Gasteiger partial charge >= 0.3 is 0 Å². The Labute approximate surface area is 94.5 Å². The van der Waals surface area contributed by atoms with Gasteiger partial charge in [0.25, 0.3) is 5.91 Å². The van der Waals surface area contributed by atoms with E-state index in [0.29, 0.717) is 11.3 Å². The first-order valence-corrected chi connectivity index (χ1v) is 5.18. The minimum atomic E-state index is -0.426. The van der Waals surface area contributed by atoms with E-state index in [1.165, 1.54) is 4.90 Å². The predicted octanol–water partition coefficient (Wildman–Crippen LogP) is 1.12. The van der Waals surface area contributed by atoms with Crippen molar-refractivity contribution < 1.29 is 9.59 Å². The lowest BCUT2D eigenvalue weighted by Gasteiger charge is -2.22. The number of hydrogen-bond acceptors (Lipinski definition) is 2. The van der Waals surface area contributed by atoms with Crippen molar-refractivity contribution in [1.82, 2.24) is 4.90 Å². The fraction of sp³-hybridized carbons (Fsp3) is 0.333. The Morgan fingerprint density at radius 3 is 2.44 bits per heavy atom. The summed E-state index contributed by atoms with van der Waals surface area (Å²) < 4.78 is 0. The molecule has 2 amide bonds. The first-order valence-electron chi connectivity index (χ1n) is 5.18. The number of para-hydroxylation sites is 1. The van der Waals surface area contributed by atoms with Crippen molar-refractivity contribution in [3.63, 3.8) is 0 Å². The number of fused-ring (bicyclic) bond motifs is 1. The van der Waals surface area contributed by atoms with Crippen molar-refractivity contribution >= 4 is 17.5 Å². The maximum Gasteiger partial charge on any atom is 0.256 e. The van der Waals surface area contributed by atoms with Crippen LogP contribution in [-0.4, -0.2) is 36.9 Å². The summed E-state index contributed by atoms with van der Waals surface area (Å²) in [4.78, 5) is 27.1. The maximum absolute atomic E-state index is 12.1. The lowest BCUT2D eigenvalue weighted by molar-refractivity contribution is -0.121. The molecule has 0 bridgehead atoms. The van der Waals surface area contributed by atoms with Crippen LogP contribution in [0, 0.1) is 0 Å². The van der Waals surface area contributed by atoms with Gasteiger partial charge in [0.2, 0.25) is 5.91 Å². The van der Waals surface area contributed by atoms with E-state index in [-0.39, 0.29) is 11.8 Å². The molecule has 0 fully saturated rings. The summed E-state index contributed by atoms with van der Waals surface area (Å²) >= 11 is 0. The monoisotopic (exact) mass is 218 g/mol. The largest absolute Gasteiger partial charge is 0.330 e. The van der Waals surface area contributed by atoms with Crippen LogP contribution < -0.4 is 4.90 Å². The second-order valence-electron chi connectivity index (χ2n) is 4.01. The molecule has 1 aliphatic rings. The van der Waals surface area contributed by atoms with Gasteiger partial charge in [0.15, 0.2) is 0 Å². The van der Waals surface area contributed by atoms with Crippen LogP contribution in [0.4, 0.5) is 5.69 Å². The summed E-state index contributed by atoms with van der Waals surface area (Å²) in [5.41, 5.74) is 1.25. The van der Waals surface area contributed by atoms with E-state index in [1.807, 2.05) is 6.07 Å². The van der Waals surface area contributed by atoms with Crippen LogP contribution in [0.5, 0.6) is 0 Å². The molecule has 1 aromatic rings. The zero-order chi connectivity index (χ0) is 11.9. The van der Waals surface area contributed by atoms with E-state index in [9.17, 15) is 9.59 Å². The Kier molecular flexibility index (Phi) is 2.42. The molecule has 4 nitrogen and oxygen atoms in total. The van der Waals surface area contributed by atoms with Crippen molar-refractivity contribution in [3.05, 3.63) is 29.8 Å². The van der Waals surface area contributed by atoms with Crippen LogP contribution in [-0.2, 0) is 4.79 Å². The second kappa shape index (κ2) is 3.63. The number of benzene rings is 1. The molecule has 1 aliphatic heterocycles. The molecule has 0 radical (unpaired) electrons. The SMILES string of the molecule is CC1C(=O)N(C)c2ccccc2C(=O)N1C. The summed E-state index contributed by atoms with van der Waals surface area (Å²) in [7, 11) is 3.35. The molecule has 0 aromatic heterocycles. The van der Waals surface area contributed by atoms with Gasteiger partial charge in [-0.15, -0.1) is 0 Å². The van der Waals surface area contributed by atoms with Crippen molar-refractivity contribution in [3.8, 4) is 0 Å². The smallest absolute Gasteiger partial charge is 0.256 e. The number of carbonyl (C=O) groups excluding carboxylic acids is 2. The number of rotatable bonds is 0. The van der Waals surface area contributed by atoms with Gasteiger partial charge in [0, 0.05) is 14.1 Å². The number of likely N-dealkylation sites (N-methyl/N-ethyl adjacent to an activating group) is 2. The summed E-state index contributed by atoms with van der Waals surface area (Å²) in [6.07, 6.45) is 0. The third-order valence-electron chi connectivity index (χ3n) is 3.09. The molecule has 16 heavy (non-hydrogen) atoms. The molecule has 1 unspecified atom stereocenters. The lowest BCUT2D eigenvalue weighted by atomic mass is 10.1. The van der Waals surface area contributed by atoms with E-state index in [1.54, 1.807) is 44.1 Å². The van der Waals surface area contributed by atoms with Crippen molar-refractivity contribution in [2.24, 2.45) is 0 Å². The summed E-state index contributed by atoms with van der Waals surface area (Å²) in [6.45, 7) is 1.74. The minimum absolute atomic E-state index is 0.0687. The molecule has 1 heterocycles. The molecule has 0 spiro atoms. The average molecular weight is 218 g/mol. The first kappa shape index (κ1) is 10.7. The molecule has 0 saturated carbocycles. The quantitative estimate of drug-likeness (QED) is 0.654. The summed E-state index contributed by atoms with van der Waals surface area (Å²) in [5, 5.41) is 0. The third-order valence-corrected chi connectivity index (χ3v) is 3.09. The number of hydrogen-bond donors (Lipinski definition) is 0. The highest BCUT2D eigenvalue weighted by molar-refractivity contribution is 6.10. The topological polar surface area (TPSA) is 40.6 Å². The highest BCUT2D eigenvalue weighted by atomic mass is 16.2. The Morgan fingerprint density at radius 1 is 1.12 bits per heavy atom. The molecule has 84 valence electrons. The summed E-state index contributed by atoms with van der Waals surface area (Å²) in [5.74, 6) is -0.179. The van der Waals surface area contributed by atoms with Crippen molar-refractivity contribution in [2.45, 2.75) is 13.0 Å². The van der Waals surface area contributed by atoms with E-state index in [2.05, 4.69) is 0 Å². The first-order chi connectivity index (χ1) is 7.54. The number of nitrogens with zero attached hydrogens (tertiary/aromatic N) is 2. The van der Waals surface area contributed by atoms with E-state index >= 15 is 0 Å². The average Bonchev–Trinajstić information content (AvgIpc) is 2.38. The van der Waals surface area contributed by atoms with Gasteiger partial charge < -0.3 is 9.80 Å². The maximum atomic E-state index is 12.1. The number of carbonyl (C=O) groups is 2. The third kappa shape index (κ3) is 1.38. The Morgan fingerprint density at radius 2 is 1.75 bits per heavy atom. The van der Waals surface area contributed by atoms with Gasteiger partial charge in [-0.2, -0.15) is 0 Å². The van der Waals surface area contributed by atoms with Crippen LogP contribution in [0.25, 0.3) is 0 Å². The van der Waals surface area contributed by atoms with Crippen molar-refractivity contribution in [1.29, 1.82) is 0 Å². The molecule has 1 atom stereocenters. The van der Waals surface area contributed by atoms with Gasteiger partial charge in [-0.3, -0.25) is 9.59 Å². The molecule has 0 N–H and O–H groups in total. The van der Waals surface area contributed by atoms with Gasteiger partial charge in [-0.1, -0.05) is 12.1 Å². The van der Waals surface area contributed by atoms with E-state index in [0.717, 1.165) is 0 Å². The molecular formula is C12H14N2O2. The zero-order valence-electron chi connectivity index (χ0n) is 9.60. The van der Waals surface area contributed by atoms with E-state index < -0.39 is 6.04 Å². The van der Waals surface area contributed by atoms with Crippen LogP contribution >= 0.6 is 0 Å². The number of anilines is 1. The second-order valence-corrected chi connectivity index (χ2v) is 4.01. The van der Waals surface area contributed by atoms with E-state index in [4.69, 9.17) is 0 Å². The normalized spacial score (nSPS) is 20.8. The molecule has 0 saturated heterocycles. The molecule has 1 aromatic carbocycles. The molecule has 2 rings (SSSR count). The van der Waals surface area contributed by atoms with Gasteiger partial charge in [0.05, 0.1) is 11.3 Å². The van der Waals surface area contributed by atoms with Crippen LogP contribution in [0.15, 0.2) is 24.3 Å². The summed E-state index contributed by atoms with van der Waals surface area (Å²) in [6, 6.07) is 6.74. The fourth-order valence-electron chi connectivity index (χ4n) is 1.88. The minimum Gasteiger partial charge on any atom is -0.330 e. The Bertz CT molecular complexity index is 456. The predicted molar refractivity (Wildman–Crippen MR) is 61.4 cm³/mol.